The van der Waals surface area contributed by atoms with E-state index >= 15 is 4.39 Å². The molecule has 5 rings (SSSR count). The van der Waals surface area contributed by atoms with Crippen LogP contribution in [-0.4, -0.2) is 58.5 Å². The number of aromatic nitrogens is 3. The Bertz CT molecular complexity index is 1740. The number of nitrogens with one attached hydrogen (secondary N) is 2. The molecule has 4 aromatic rings. The number of carbonyl (C=O) groups is 1. The van der Waals surface area contributed by atoms with Gasteiger partial charge in [-0.25, -0.2) is 31.5 Å². The van der Waals surface area contributed by atoms with Crippen molar-refractivity contribution in [1.29, 1.82) is 0 Å². The van der Waals surface area contributed by atoms with Crippen LogP contribution >= 0.6 is 0 Å². The molecule has 2 aromatic carbocycles. The zero-order valence-corrected chi connectivity index (χ0v) is 21.9. The van der Waals surface area contributed by atoms with Crippen LogP contribution in [0.25, 0.3) is 16.6 Å². The number of hydrogen-bond donors (Lipinski definition) is 3. The molecule has 1 fully saturated rings. The van der Waals surface area contributed by atoms with Gasteiger partial charge in [0.1, 0.15) is 23.5 Å². The van der Waals surface area contributed by atoms with Gasteiger partial charge in [-0.2, -0.15) is 18.3 Å². The number of sulfone groups is 1. The summed E-state index contributed by atoms with van der Waals surface area (Å²) in [5.74, 6) is -1.80. The standard InChI is InChI=1S/C25H22F5N7O3S/c26-18-3-2-15(25(28,29)30)10-21(18)35-24(38)34-20-4-1-14(9-19(20)27)17-11-16(37-22(17)23(31)32-13-33-37)12-36-5-7-41(39,40)8-6-36/h1-4,9-11,13H,5-8,12H2,(H2,31,32,33)(H2,34,35,38). The first-order valence-corrected chi connectivity index (χ1v) is 13.9. The zero-order chi connectivity index (χ0) is 29.5. The number of rotatable bonds is 5. The summed E-state index contributed by atoms with van der Waals surface area (Å²) in [6, 6.07) is 5.91. The zero-order valence-electron chi connectivity index (χ0n) is 21.0. The number of alkyl halides is 3. The SMILES string of the molecule is Nc1ncnn2c(CN3CCS(=O)(=O)CC3)cc(-c3ccc(NC(=O)Nc4cc(C(F)(F)F)ccc4F)c(F)c3)c12. The molecule has 1 saturated heterocycles. The van der Waals surface area contributed by atoms with E-state index in [-0.39, 0.29) is 23.0 Å². The number of carbonyl (C=O) groups excluding carboxylic acids is 1. The largest absolute Gasteiger partial charge is 0.416 e. The summed E-state index contributed by atoms with van der Waals surface area (Å²) in [4.78, 5) is 18.3. The first-order chi connectivity index (χ1) is 19.3. The molecule has 0 spiro atoms. The van der Waals surface area contributed by atoms with E-state index in [9.17, 15) is 30.8 Å². The van der Waals surface area contributed by atoms with E-state index in [1.807, 2.05) is 10.2 Å². The van der Waals surface area contributed by atoms with Crippen LogP contribution in [0.2, 0.25) is 0 Å². The quantitative estimate of drug-likeness (QED) is 0.295. The summed E-state index contributed by atoms with van der Waals surface area (Å²) in [5, 5.41) is 8.36. The summed E-state index contributed by atoms with van der Waals surface area (Å²) in [5.41, 5.74) is 5.77. The minimum absolute atomic E-state index is 0.0357. The molecule has 0 bridgehead atoms. The van der Waals surface area contributed by atoms with Crippen LogP contribution in [0.3, 0.4) is 0 Å². The van der Waals surface area contributed by atoms with Gasteiger partial charge in [0.05, 0.1) is 34.1 Å². The van der Waals surface area contributed by atoms with Crippen molar-refractivity contribution in [3.05, 3.63) is 71.7 Å². The molecule has 0 atom stereocenters. The smallest absolute Gasteiger partial charge is 0.382 e. The molecule has 0 aliphatic carbocycles. The number of hydrogen-bond acceptors (Lipinski definition) is 7. The Kier molecular flexibility index (Phi) is 7.29. The van der Waals surface area contributed by atoms with E-state index < -0.39 is 44.9 Å². The summed E-state index contributed by atoms with van der Waals surface area (Å²) in [6.45, 7) is 1.03. The Morgan fingerprint density at radius 2 is 1.68 bits per heavy atom. The van der Waals surface area contributed by atoms with Crippen LogP contribution in [0.1, 0.15) is 11.3 Å². The van der Waals surface area contributed by atoms with Gasteiger partial charge in [0.25, 0.3) is 0 Å². The van der Waals surface area contributed by atoms with Crippen LogP contribution in [-0.2, 0) is 22.6 Å². The van der Waals surface area contributed by atoms with E-state index in [1.165, 1.54) is 18.5 Å². The molecule has 216 valence electrons. The van der Waals surface area contributed by atoms with Gasteiger partial charge in [-0.1, -0.05) is 6.07 Å². The topological polar surface area (TPSA) is 135 Å². The summed E-state index contributed by atoms with van der Waals surface area (Å²) in [6.07, 6.45) is -3.50. The molecule has 3 heterocycles. The number of nitrogens with two attached hydrogens (primary N) is 1. The van der Waals surface area contributed by atoms with Gasteiger partial charge in [-0.3, -0.25) is 4.90 Å². The fourth-order valence-electron chi connectivity index (χ4n) is 4.46. The van der Waals surface area contributed by atoms with Gasteiger partial charge in [-0.15, -0.1) is 0 Å². The molecule has 1 aliphatic rings. The van der Waals surface area contributed by atoms with Gasteiger partial charge in [0, 0.05) is 25.2 Å². The van der Waals surface area contributed by atoms with Gasteiger partial charge >= 0.3 is 12.2 Å². The second-order valence-corrected chi connectivity index (χ2v) is 11.7. The molecule has 0 unspecified atom stereocenters. The molecule has 2 aromatic heterocycles. The fraction of sp³-hybridized carbons (Fsp3) is 0.240. The number of halogens is 5. The monoisotopic (exact) mass is 595 g/mol. The second kappa shape index (κ2) is 10.6. The maximum absolute atomic E-state index is 15.1. The molecule has 10 nitrogen and oxygen atoms in total. The summed E-state index contributed by atoms with van der Waals surface area (Å²) >= 11 is 0. The molecule has 4 N–H and O–H groups in total. The molecular formula is C25H22F5N7O3S. The number of urea groups is 1. The molecule has 1 aliphatic heterocycles. The number of anilines is 3. The van der Waals surface area contributed by atoms with Crippen LogP contribution in [0.5, 0.6) is 0 Å². The molecular weight excluding hydrogens is 573 g/mol. The van der Waals surface area contributed by atoms with Crippen molar-refractivity contribution in [3.63, 3.8) is 0 Å². The predicted octanol–water partition coefficient (Wildman–Crippen LogP) is 4.15. The highest BCUT2D eigenvalue weighted by Gasteiger charge is 2.31. The Morgan fingerprint density at radius 3 is 2.37 bits per heavy atom. The Hall–Kier alpha value is -4.31. The van der Waals surface area contributed by atoms with Crippen molar-refractivity contribution in [2.75, 3.05) is 41.0 Å². The van der Waals surface area contributed by atoms with Crippen LogP contribution in [0, 0.1) is 11.6 Å². The van der Waals surface area contributed by atoms with E-state index in [1.54, 1.807) is 10.6 Å². The van der Waals surface area contributed by atoms with Crippen molar-refractivity contribution in [2.24, 2.45) is 0 Å². The number of amides is 2. The Morgan fingerprint density at radius 1 is 0.976 bits per heavy atom. The molecule has 2 amide bonds. The lowest BCUT2D eigenvalue weighted by atomic mass is 10.1. The van der Waals surface area contributed by atoms with E-state index in [4.69, 9.17) is 5.73 Å². The number of benzene rings is 2. The van der Waals surface area contributed by atoms with Crippen molar-refractivity contribution < 1.29 is 35.2 Å². The minimum Gasteiger partial charge on any atom is -0.382 e. The first-order valence-electron chi connectivity index (χ1n) is 12.1. The van der Waals surface area contributed by atoms with Crippen molar-refractivity contribution >= 4 is 38.6 Å². The first kappa shape index (κ1) is 28.2. The van der Waals surface area contributed by atoms with Gasteiger partial charge < -0.3 is 16.4 Å². The van der Waals surface area contributed by atoms with Crippen molar-refractivity contribution in [3.8, 4) is 11.1 Å². The highest BCUT2D eigenvalue weighted by molar-refractivity contribution is 7.91. The summed E-state index contributed by atoms with van der Waals surface area (Å²) in [7, 11) is -3.07. The third-order valence-corrected chi connectivity index (χ3v) is 8.16. The fourth-order valence-corrected chi connectivity index (χ4v) is 5.74. The van der Waals surface area contributed by atoms with Crippen LogP contribution < -0.4 is 16.4 Å². The third-order valence-electron chi connectivity index (χ3n) is 6.55. The van der Waals surface area contributed by atoms with Crippen LogP contribution in [0.4, 0.5) is 43.9 Å². The second-order valence-electron chi connectivity index (χ2n) is 9.35. The maximum Gasteiger partial charge on any atom is 0.416 e. The minimum atomic E-state index is -4.76. The van der Waals surface area contributed by atoms with Gasteiger partial charge in [0.2, 0.25) is 0 Å². The van der Waals surface area contributed by atoms with Gasteiger partial charge in [-0.05, 0) is 42.0 Å². The van der Waals surface area contributed by atoms with Crippen molar-refractivity contribution in [2.45, 2.75) is 12.7 Å². The molecule has 0 saturated carbocycles. The predicted molar refractivity (Wildman–Crippen MR) is 141 cm³/mol. The van der Waals surface area contributed by atoms with Gasteiger partial charge in [0.15, 0.2) is 15.7 Å². The van der Waals surface area contributed by atoms with E-state index in [0.717, 1.165) is 6.07 Å². The number of nitrogens with zero attached hydrogens (tertiary/aromatic N) is 4. The lowest BCUT2D eigenvalue weighted by Gasteiger charge is -2.26. The maximum atomic E-state index is 15.1. The lowest BCUT2D eigenvalue weighted by molar-refractivity contribution is -0.137. The molecule has 0 radical (unpaired) electrons. The third kappa shape index (κ3) is 6.07. The average molecular weight is 596 g/mol. The van der Waals surface area contributed by atoms with Crippen molar-refractivity contribution in [1.82, 2.24) is 19.5 Å². The average Bonchev–Trinajstić information content (AvgIpc) is 3.26. The highest BCUT2D eigenvalue weighted by atomic mass is 32.2. The normalized spacial score (nSPS) is 15.6. The summed E-state index contributed by atoms with van der Waals surface area (Å²) < 4.78 is 93.0. The molecule has 16 heteroatoms. The lowest BCUT2D eigenvalue weighted by Crippen LogP contribution is -2.39. The van der Waals surface area contributed by atoms with E-state index in [0.29, 0.717) is 60.2 Å². The number of fused-ring (bicyclic) bond motifs is 1. The van der Waals surface area contributed by atoms with Crippen LogP contribution in [0.15, 0.2) is 48.8 Å². The molecule has 41 heavy (non-hydrogen) atoms. The number of nitrogen functional groups attached to an aromatic ring is 1. The highest BCUT2D eigenvalue weighted by Crippen LogP contribution is 2.34. The van der Waals surface area contributed by atoms with E-state index in [2.05, 4.69) is 15.4 Å². The Balaban J connectivity index is 1.38. The Labute approximate surface area is 229 Å².